The van der Waals surface area contributed by atoms with Gasteiger partial charge in [0.1, 0.15) is 36.4 Å². The van der Waals surface area contributed by atoms with Gasteiger partial charge in [0, 0.05) is 6.54 Å². The van der Waals surface area contributed by atoms with Crippen molar-refractivity contribution in [2.75, 3.05) is 13.7 Å². The van der Waals surface area contributed by atoms with Gasteiger partial charge in [-0.1, -0.05) is 12.1 Å². The zero-order chi connectivity index (χ0) is 15.4. The Morgan fingerprint density at radius 3 is 2.33 bits per heavy atom. The molecule has 1 fully saturated rings. The summed E-state index contributed by atoms with van der Waals surface area (Å²) in [6.07, 6.45) is -5.77. The van der Waals surface area contributed by atoms with Crippen LogP contribution < -0.4 is 10.1 Å². The first-order valence-electron chi connectivity index (χ1n) is 6.73. The molecule has 1 aromatic carbocycles. The van der Waals surface area contributed by atoms with E-state index in [2.05, 4.69) is 5.32 Å². The molecular formula is C14H21NO6. The number of benzene rings is 1. The Morgan fingerprint density at radius 2 is 1.76 bits per heavy atom. The molecule has 1 aromatic rings. The molecule has 1 heterocycles. The smallest absolute Gasteiger partial charge is 0.137 e. The van der Waals surface area contributed by atoms with Gasteiger partial charge in [0.2, 0.25) is 0 Å². The monoisotopic (exact) mass is 299 g/mol. The van der Waals surface area contributed by atoms with Crippen LogP contribution in [0.2, 0.25) is 0 Å². The molecule has 5 N–H and O–H groups in total. The SMILES string of the molecule is COc1ccc(CNC2O[C@H](CO)[C@@H](O)[C@H](O)[C@H]2O)cc1. The molecule has 2 rings (SSSR count). The Morgan fingerprint density at radius 1 is 1.10 bits per heavy atom. The standard InChI is InChI=1S/C14H21NO6/c1-20-9-4-2-8(3-5-9)6-15-14-13(19)12(18)11(17)10(7-16)21-14/h2-5,10-19H,6-7H2,1H3/t10-,11-,12+,13-,14?/m1/s1. The van der Waals surface area contributed by atoms with Crippen molar-refractivity contribution in [1.29, 1.82) is 0 Å². The minimum absolute atomic E-state index is 0.396. The van der Waals surface area contributed by atoms with Gasteiger partial charge < -0.3 is 29.9 Å². The average Bonchev–Trinajstić information content (AvgIpc) is 2.52. The number of hydrogen-bond donors (Lipinski definition) is 5. The molecule has 5 atom stereocenters. The van der Waals surface area contributed by atoms with Gasteiger partial charge in [0.05, 0.1) is 13.7 Å². The second-order valence-corrected chi connectivity index (χ2v) is 4.98. The molecule has 1 aliphatic heterocycles. The van der Waals surface area contributed by atoms with Gasteiger partial charge in [-0.25, -0.2) is 0 Å². The summed E-state index contributed by atoms with van der Waals surface area (Å²) in [6, 6.07) is 7.33. The van der Waals surface area contributed by atoms with Gasteiger partial charge in [0.15, 0.2) is 0 Å². The summed E-state index contributed by atoms with van der Waals surface area (Å²) in [5.41, 5.74) is 0.938. The van der Waals surface area contributed by atoms with Crippen molar-refractivity contribution in [2.45, 2.75) is 37.2 Å². The molecule has 0 radical (unpaired) electrons. The van der Waals surface area contributed by atoms with Gasteiger partial charge in [-0.3, -0.25) is 5.32 Å². The van der Waals surface area contributed by atoms with E-state index in [4.69, 9.17) is 14.6 Å². The summed E-state index contributed by atoms with van der Waals surface area (Å²) < 4.78 is 10.4. The van der Waals surface area contributed by atoms with Crippen LogP contribution >= 0.6 is 0 Å². The maximum atomic E-state index is 9.88. The second-order valence-electron chi connectivity index (χ2n) is 4.98. The fourth-order valence-electron chi connectivity index (χ4n) is 2.23. The van der Waals surface area contributed by atoms with Gasteiger partial charge in [-0.2, -0.15) is 0 Å². The van der Waals surface area contributed by atoms with E-state index in [-0.39, 0.29) is 0 Å². The van der Waals surface area contributed by atoms with Crippen LogP contribution in [0.1, 0.15) is 5.56 Å². The molecule has 0 saturated carbocycles. The van der Waals surface area contributed by atoms with E-state index >= 15 is 0 Å². The Balaban J connectivity index is 1.94. The summed E-state index contributed by atoms with van der Waals surface area (Å²) in [7, 11) is 1.58. The van der Waals surface area contributed by atoms with Crippen molar-refractivity contribution >= 4 is 0 Å². The van der Waals surface area contributed by atoms with Crippen molar-refractivity contribution in [3.63, 3.8) is 0 Å². The minimum atomic E-state index is -1.37. The third-order valence-corrected chi connectivity index (χ3v) is 3.56. The number of aliphatic hydroxyl groups is 4. The van der Waals surface area contributed by atoms with Gasteiger partial charge in [0.25, 0.3) is 0 Å². The van der Waals surface area contributed by atoms with E-state index < -0.39 is 37.3 Å². The summed E-state index contributed by atoms with van der Waals surface area (Å²) in [4.78, 5) is 0. The number of hydrogen-bond acceptors (Lipinski definition) is 7. The van der Waals surface area contributed by atoms with Crippen LogP contribution in [0.3, 0.4) is 0 Å². The molecule has 118 valence electrons. The average molecular weight is 299 g/mol. The molecule has 7 nitrogen and oxygen atoms in total. The second kappa shape index (κ2) is 7.17. The number of rotatable bonds is 5. The minimum Gasteiger partial charge on any atom is -0.497 e. The number of aliphatic hydroxyl groups excluding tert-OH is 4. The molecule has 1 unspecified atom stereocenters. The van der Waals surface area contributed by atoms with Crippen molar-refractivity contribution < 1.29 is 29.9 Å². The fourth-order valence-corrected chi connectivity index (χ4v) is 2.23. The molecule has 1 saturated heterocycles. The zero-order valence-electron chi connectivity index (χ0n) is 11.7. The number of nitrogens with one attached hydrogen (secondary N) is 1. The highest BCUT2D eigenvalue weighted by Crippen LogP contribution is 2.20. The van der Waals surface area contributed by atoms with Crippen molar-refractivity contribution in [3.05, 3.63) is 29.8 Å². The Hall–Kier alpha value is -1.22. The van der Waals surface area contributed by atoms with E-state index in [0.29, 0.717) is 6.54 Å². The maximum absolute atomic E-state index is 9.88. The van der Waals surface area contributed by atoms with E-state index in [1.807, 2.05) is 24.3 Å². The first kappa shape index (κ1) is 16.2. The molecular weight excluding hydrogens is 278 g/mol. The third-order valence-electron chi connectivity index (χ3n) is 3.56. The molecule has 0 aromatic heterocycles. The van der Waals surface area contributed by atoms with Crippen molar-refractivity contribution in [2.24, 2.45) is 0 Å². The molecule has 0 amide bonds. The Kier molecular flexibility index (Phi) is 5.51. The molecule has 1 aliphatic rings. The van der Waals surface area contributed by atoms with Gasteiger partial charge >= 0.3 is 0 Å². The van der Waals surface area contributed by atoms with Crippen LogP contribution in [0.25, 0.3) is 0 Å². The van der Waals surface area contributed by atoms with Gasteiger partial charge in [-0.05, 0) is 17.7 Å². The highest BCUT2D eigenvalue weighted by atomic mass is 16.6. The highest BCUT2D eigenvalue weighted by molar-refractivity contribution is 5.27. The maximum Gasteiger partial charge on any atom is 0.137 e. The first-order chi connectivity index (χ1) is 10.1. The van der Waals surface area contributed by atoms with Crippen molar-refractivity contribution in [3.8, 4) is 5.75 Å². The topological polar surface area (TPSA) is 111 Å². The van der Waals surface area contributed by atoms with Crippen LogP contribution in [-0.2, 0) is 11.3 Å². The van der Waals surface area contributed by atoms with E-state index in [1.165, 1.54) is 0 Å². The van der Waals surface area contributed by atoms with Crippen LogP contribution in [0, 0.1) is 0 Å². The Labute approximate surface area is 122 Å². The van der Waals surface area contributed by atoms with Crippen LogP contribution in [0.4, 0.5) is 0 Å². The summed E-state index contributed by atoms with van der Waals surface area (Å²) >= 11 is 0. The lowest BCUT2D eigenvalue weighted by Gasteiger charge is -2.40. The largest absolute Gasteiger partial charge is 0.497 e. The fraction of sp³-hybridized carbons (Fsp3) is 0.571. The number of methoxy groups -OCH3 is 1. The lowest BCUT2D eigenvalue weighted by atomic mass is 9.98. The third kappa shape index (κ3) is 3.70. The summed E-state index contributed by atoms with van der Waals surface area (Å²) in [5, 5.41) is 41.3. The van der Waals surface area contributed by atoms with Crippen LogP contribution in [-0.4, -0.2) is 64.8 Å². The normalized spacial score (nSPS) is 32.9. The predicted molar refractivity (Wildman–Crippen MR) is 73.6 cm³/mol. The molecule has 21 heavy (non-hydrogen) atoms. The molecule has 0 aliphatic carbocycles. The number of ether oxygens (including phenoxy) is 2. The van der Waals surface area contributed by atoms with E-state index in [0.717, 1.165) is 11.3 Å². The zero-order valence-corrected chi connectivity index (χ0v) is 11.7. The Bertz CT molecular complexity index is 438. The predicted octanol–water partition coefficient (Wildman–Crippen LogP) is -1.42. The molecule has 0 bridgehead atoms. The summed E-state index contributed by atoms with van der Waals surface area (Å²) in [5.74, 6) is 0.742. The van der Waals surface area contributed by atoms with Crippen molar-refractivity contribution in [1.82, 2.24) is 5.32 Å². The summed E-state index contributed by atoms with van der Waals surface area (Å²) in [6.45, 7) is -0.0433. The molecule has 0 spiro atoms. The first-order valence-corrected chi connectivity index (χ1v) is 6.73. The lowest BCUT2D eigenvalue weighted by Crippen LogP contribution is -2.62. The molecule has 7 heteroatoms. The van der Waals surface area contributed by atoms with E-state index in [1.54, 1.807) is 7.11 Å². The quantitative estimate of drug-likeness (QED) is 0.454. The van der Waals surface area contributed by atoms with Gasteiger partial charge in [-0.15, -0.1) is 0 Å². The van der Waals surface area contributed by atoms with Crippen LogP contribution in [0.15, 0.2) is 24.3 Å². The lowest BCUT2D eigenvalue weighted by molar-refractivity contribution is -0.236. The van der Waals surface area contributed by atoms with E-state index in [9.17, 15) is 15.3 Å². The van der Waals surface area contributed by atoms with Crippen LogP contribution in [0.5, 0.6) is 5.75 Å². The highest BCUT2D eigenvalue weighted by Gasteiger charge is 2.43.